The van der Waals surface area contributed by atoms with Crippen molar-refractivity contribution in [2.45, 2.75) is 51.7 Å². The SMILES string of the molecule is Cc1ncc(OCC2(N(C)C(=O)OC(C)(C)C)CC2)cc1-c1cccnc1. The third-order valence-electron chi connectivity index (χ3n) is 4.75. The van der Waals surface area contributed by atoms with E-state index in [1.807, 2.05) is 52.1 Å². The molecular formula is C21H27N3O3. The highest BCUT2D eigenvalue weighted by Crippen LogP contribution is 2.42. The lowest BCUT2D eigenvalue weighted by Gasteiger charge is -2.30. The zero-order valence-corrected chi connectivity index (χ0v) is 16.7. The lowest BCUT2D eigenvalue weighted by molar-refractivity contribution is 0.0139. The van der Waals surface area contributed by atoms with Crippen LogP contribution in [0.1, 0.15) is 39.3 Å². The van der Waals surface area contributed by atoms with Crippen LogP contribution < -0.4 is 4.74 Å². The zero-order valence-electron chi connectivity index (χ0n) is 16.7. The fourth-order valence-electron chi connectivity index (χ4n) is 2.87. The van der Waals surface area contributed by atoms with Crippen molar-refractivity contribution < 1.29 is 14.3 Å². The molecule has 0 bridgehead atoms. The molecular weight excluding hydrogens is 342 g/mol. The maximum absolute atomic E-state index is 12.4. The molecule has 1 amide bonds. The van der Waals surface area contributed by atoms with Gasteiger partial charge in [0.1, 0.15) is 18.0 Å². The second kappa shape index (κ2) is 7.18. The number of aryl methyl sites for hydroxylation is 1. The van der Waals surface area contributed by atoms with Gasteiger partial charge in [-0.05, 0) is 52.7 Å². The molecule has 0 saturated heterocycles. The van der Waals surface area contributed by atoms with Crippen molar-refractivity contribution >= 4 is 6.09 Å². The summed E-state index contributed by atoms with van der Waals surface area (Å²) < 4.78 is 11.5. The summed E-state index contributed by atoms with van der Waals surface area (Å²) >= 11 is 0. The normalized spacial score (nSPS) is 15.1. The van der Waals surface area contributed by atoms with Crippen LogP contribution in [-0.4, -0.2) is 45.8 Å². The van der Waals surface area contributed by atoms with Crippen molar-refractivity contribution in [1.29, 1.82) is 0 Å². The van der Waals surface area contributed by atoms with E-state index >= 15 is 0 Å². The van der Waals surface area contributed by atoms with Gasteiger partial charge in [-0.1, -0.05) is 6.07 Å². The fraction of sp³-hybridized carbons (Fsp3) is 0.476. The Bertz CT molecular complexity index is 811. The lowest BCUT2D eigenvalue weighted by atomic mass is 10.1. The molecule has 6 nitrogen and oxygen atoms in total. The summed E-state index contributed by atoms with van der Waals surface area (Å²) in [5.41, 5.74) is 2.09. The number of carbonyl (C=O) groups excluding carboxylic acids is 1. The van der Waals surface area contributed by atoms with Crippen LogP contribution >= 0.6 is 0 Å². The molecule has 27 heavy (non-hydrogen) atoms. The number of amides is 1. The molecule has 1 aliphatic carbocycles. The lowest BCUT2D eigenvalue weighted by Crippen LogP contribution is -2.45. The second-order valence-corrected chi connectivity index (χ2v) is 8.10. The van der Waals surface area contributed by atoms with E-state index in [0.29, 0.717) is 12.4 Å². The van der Waals surface area contributed by atoms with Crippen LogP contribution in [0.3, 0.4) is 0 Å². The third-order valence-corrected chi connectivity index (χ3v) is 4.75. The van der Waals surface area contributed by atoms with Crippen LogP contribution in [0.15, 0.2) is 36.8 Å². The Balaban J connectivity index is 1.69. The van der Waals surface area contributed by atoms with Crippen LogP contribution in [0.5, 0.6) is 5.75 Å². The number of nitrogens with zero attached hydrogens (tertiary/aromatic N) is 3. The number of rotatable bonds is 5. The number of hydrogen-bond donors (Lipinski definition) is 0. The topological polar surface area (TPSA) is 64.5 Å². The van der Waals surface area contributed by atoms with Crippen molar-refractivity contribution in [3.63, 3.8) is 0 Å². The van der Waals surface area contributed by atoms with Crippen molar-refractivity contribution in [2.75, 3.05) is 13.7 Å². The van der Waals surface area contributed by atoms with Crippen LogP contribution in [0.2, 0.25) is 0 Å². The maximum atomic E-state index is 12.4. The number of ether oxygens (including phenoxy) is 2. The molecule has 0 N–H and O–H groups in total. The third kappa shape index (κ3) is 4.56. The van der Waals surface area contributed by atoms with E-state index in [9.17, 15) is 4.79 Å². The number of likely N-dealkylation sites (N-methyl/N-ethyl adjacent to an activating group) is 1. The largest absolute Gasteiger partial charge is 0.490 e. The molecule has 2 aromatic heterocycles. The Morgan fingerprint density at radius 1 is 1.30 bits per heavy atom. The molecule has 0 unspecified atom stereocenters. The number of pyridine rings is 2. The van der Waals surface area contributed by atoms with Crippen molar-refractivity contribution in [3.05, 3.63) is 42.5 Å². The molecule has 6 heteroatoms. The first kappa shape index (κ1) is 19.1. The molecule has 2 aromatic rings. The molecule has 144 valence electrons. The smallest absolute Gasteiger partial charge is 0.410 e. The van der Waals surface area contributed by atoms with Gasteiger partial charge in [0.2, 0.25) is 0 Å². The van der Waals surface area contributed by atoms with Crippen molar-refractivity contribution in [2.24, 2.45) is 0 Å². The van der Waals surface area contributed by atoms with Gasteiger partial charge in [0, 0.05) is 36.3 Å². The summed E-state index contributed by atoms with van der Waals surface area (Å²) in [5, 5.41) is 0. The molecule has 1 saturated carbocycles. The highest BCUT2D eigenvalue weighted by molar-refractivity contribution is 5.69. The minimum Gasteiger partial charge on any atom is -0.490 e. The first-order valence-electron chi connectivity index (χ1n) is 9.17. The van der Waals surface area contributed by atoms with Gasteiger partial charge in [-0.2, -0.15) is 0 Å². The van der Waals surface area contributed by atoms with Crippen LogP contribution in [0, 0.1) is 6.92 Å². The van der Waals surface area contributed by atoms with E-state index < -0.39 is 5.60 Å². The van der Waals surface area contributed by atoms with Crippen LogP contribution in [0.25, 0.3) is 11.1 Å². The molecule has 1 fully saturated rings. The van der Waals surface area contributed by atoms with Gasteiger partial charge in [0.05, 0.1) is 11.7 Å². The maximum Gasteiger partial charge on any atom is 0.410 e. The molecule has 0 aromatic carbocycles. The van der Waals surface area contributed by atoms with E-state index in [4.69, 9.17) is 9.47 Å². The first-order chi connectivity index (χ1) is 12.7. The summed E-state index contributed by atoms with van der Waals surface area (Å²) in [7, 11) is 1.78. The average Bonchev–Trinajstić information content (AvgIpc) is 3.41. The van der Waals surface area contributed by atoms with E-state index in [2.05, 4.69) is 9.97 Å². The van der Waals surface area contributed by atoms with Gasteiger partial charge in [-0.25, -0.2) is 4.79 Å². The quantitative estimate of drug-likeness (QED) is 0.789. The second-order valence-electron chi connectivity index (χ2n) is 8.10. The Morgan fingerprint density at radius 2 is 2.04 bits per heavy atom. The van der Waals surface area contributed by atoms with E-state index in [1.54, 1.807) is 24.3 Å². The number of hydrogen-bond acceptors (Lipinski definition) is 5. The standard InChI is InChI=1S/C21H27N3O3/c1-15-18(16-7-6-10-22-12-16)11-17(13-23-15)26-14-21(8-9-21)24(5)19(25)27-20(2,3)4/h6-7,10-13H,8-9,14H2,1-5H3. The average molecular weight is 369 g/mol. The minimum atomic E-state index is -0.512. The predicted octanol–water partition coefficient (Wildman–Crippen LogP) is 4.23. The minimum absolute atomic E-state index is 0.304. The summed E-state index contributed by atoms with van der Waals surface area (Å²) in [6, 6.07) is 5.87. The molecule has 0 aliphatic heterocycles. The summed E-state index contributed by atoms with van der Waals surface area (Å²) in [5.74, 6) is 0.684. The van der Waals surface area contributed by atoms with E-state index in [1.165, 1.54) is 0 Å². The number of aromatic nitrogens is 2. The van der Waals surface area contributed by atoms with Gasteiger partial charge in [-0.15, -0.1) is 0 Å². The van der Waals surface area contributed by atoms with Gasteiger partial charge in [0.15, 0.2) is 0 Å². The monoisotopic (exact) mass is 369 g/mol. The van der Waals surface area contributed by atoms with Crippen LogP contribution in [0.4, 0.5) is 4.79 Å². The highest BCUT2D eigenvalue weighted by Gasteiger charge is 2.50. The van der Waals surface area contributed by atoms with Gasteiger partial charge < -0.3 is 14.4 Å². The zero-order chi connectivity index (χ0) is 19.7. The molecule has 3 rings (SSSR count). The molecule has 1 aliphatic rings. The highest BCUT2D eigenvalue weighted by atomic mass is 16.6. The van der Waals surface area contributed by atoms with E-state index in [0.717, 1.165) is 29.7 Å². The molecule has 0 atom stereocenters. The summed E-state index contributed by atoms with van der Waals surface area (Å²) in [6.45, 7) is 7.98. The van der Waals surface area contributed by atoms with E-state index in [-0.39, 0.29) is 11.6 Å². The summed E-state index contributed by atoms with van der Waals surface area (Å²) in [4.78, 5) is 22.7. The van der Waals surface area contributed by atoms with Crippen LogP contribution in [-0.2, 0) is 4.74 Å². The summed E-state index contributed by atoms with van der Waals surface area (Å²) in [6.07, 6.45) is 6.76. The number of carbonyl (C=O) groups is 1. The van der Waals surface area contributed by atoms with Gasteiger partial charge in [0.25, 0.3) is 0 Å². The Hall–Kier alpha value is -2.63. The Kier molecular flexibility index (Phi) is 5.09. The Labute approximate surface area is 160 Å². The molecule has 0 spiro atoms. The predicted molar refractivity (Wildman–Crippen MR) is 104 cm³/mol. The van der Waals surface area contributed by atoms with Crippen molar-refractivity contribution in [3.8, 4) is 16.9 Å². The van der Waals surface area contributed by atoms with Gasteiger partial charge >= 0.3 is 6.09 Å². The molecule has 2 heterocycles. The first-order valence-corrected chi connectivity index (χ1v) is 9.17. The van der Waals surface area contributed by atoms with Gasteiger partial charge in [-0.3, -0.25) is 9.97 Å². The molecule has 0 radical (unpaired) electrons. The van der Waals surface area contributed by atoms with Crippen molar-refractivity contribution in [1.82, 2.24) is 14.9 Å². The fourth-order valence-corrected chi connectivity index (χ4v) is 2.87. The Morgan fingerprint density at radius 3 is 2.63 bits per heavy atom.